The van der Waals surface area contributed by atoms with Gasteiger partial charge in [-0.2, -0.15) is 0 Å². The van der Waals surface area contributed by atoms with Gasteiger partial charge in [-0.1, -0.05) is 38.8 Å². The first-order valence-corrected chi connectivity index (χ1v) is 6.10. The summed E-state index contributed by atoms with van der Waals surface area (Å²) in [5, 5.41) is 8.98. The Morgan fingerprint density at radius 2 is 2.06 bits per heavy atom. The summed E-state index contributed by atoms with van der Waals surface area (Å²) in [4.78, 5) is 10.9. The Balaban J connectivity index is 2.49. The molecule has 0 spiro atoms. The Hall–Kier alpha value is -1.51. The van der Waals surface area contributed by atoms with Crippen molar-refractivity contribution in [1.29, 1.82) is 0 Å². The Morgan fingerprint density at radius 3 is 2.71 bits per heavy atom. The minimum Gasteiger partial charge on any atom is -0.493 e. The second-order valence-electron chi connectivity index (χ2n) is 4.33. The minimum atomic E-state index is -0.942. The first-order valence-electron chi connectivity index (χ1n) is 6.10. The maximum atomic E-state index is 10.9. The normalized spacial score (nSPS) is 12.1. The van der Waals surface area contributed by atoms with Crippen molar-refractivity contribution in [3.63, 3.8) is 0 Å². The van der Waals surface area contributed by atoms with Gasteiger partial charge in [-0.25, -0.2) is 4.79 Å². The van der Waals surface area contributed by atoms with Gasteiger partial charge < -0.3 is 9.84 Å². The van der Waals surface area contributed by atoms with Crippen LogP contribution in [0, 0.1) is 5.92 Å². The number of carbonyl (C=O) groups is 1. The molecule has 3 nitrogen and oxygen atoms in total. The lowest BCUT2D eigenvalue weighted by Crippen LogP contribution is -2.07. The van der Waals surface area contributed by atoms with Gasteiger partial charge in [-0.3, -0.25) is 0 Å². The maximum Gasteiger partial charge on any atom is 0.339 e. The predicted octanol–water partition coefficient (Wildman–Crippen LogP) is 3.59. The summed E-state index contributed by atoms with van der Waals surface area (Å²) < 4.78 is 5.53. The fourth-order valence-corrected chi connectivity index (χ4v) is 1.78. The molecule has 0 bridgehead atoms. The fourth-order valence-electron chi connectivity index (χ4n) is 1.78. The van der Waals surface area contributed by atoms with Crippen molar-refractivity contribution in [2.45, 2.75) is 33.1 Å². The summed E-state index contributed by atoms with van der Waals surface area (Å²) in [6.07, 6.45) is 3.32. The quantitative estimate of drug-likeness (QED) is 0.787. The Kier molecular flexibility index (Phi) is 5.53. The predicted molar refractivity (Wildman–Crippen MR) is 67.6 cm³/mol. The number of carboxylic acid groups (broad SMARTS) is 1. The number of rotatable bonds is 7. The summed E-state index contributed by atoms with van der Waals surface area (Å²) >= 11 is 0. The van der Waals surface area contributed by atoms with Crippen molar-refractivity contribution in [3.8, 4) is 5.75 Å². The smallest absolute Gasteiger partial charge is 0.339 e. The van der Waals surface area contributed by atoms with E-state index in [-0.39, 0.29) is 5.56 Å². The van der Waals surface area contributed by atoms with Gasteiger partial charge in [0.25, 0.3) is 0 Å². The van der Waals surface area contributed by atoms with Gasteiger partial charge in [-0.05, 0) is 24.5 Å². The summed E-state index contributed by atoms with van der Waals surface area (Å²) in [5.74, 6) is 0.142. The van der Waals surface area contributed by atoms with Gasteiger partial charge in [0.1, 0.15) is 11.3 Å². The van der Waals surface area contributed by atoms with Crippen LogP contribution in [0.25, 0.3) is 0 Å². The second kappa shape index (κ2) is 6.94. The van der Waals surface area contributed by atoms with E-state index in [4.69, 9.17) is 9.84 Å². The van der Waals surface area contributed by atoms with E-state index in [1.54, 1.807) is 24.3 Å². The van der Waals surface area contributed by atoms with E-state index in [9.17, 15) is 4.79 Å². The molecule has 0 aliphatic heterocycles. The van der Waals surface area contributed by atoms with Crippen LogP contribution in [0.15, 0.2) is 24.3 Å². The summed E-state index contributed by atoms with van der Waals surface area (Å²) in [5.41, 5.74) is 0.232. The highest BCUT2D eigenvalue weighted by molar-refractivity contribution is 5.90. The van der Waals surface area contributed by atoms with Gasteiger partial charge >= 0.3 is 5.97 Å². The van der Waals surface area contributed by atoms with Crippen LogP contribution in [0.4, 0.5) is 0 Å². The monoisotopic (exact) mass is 236 g/mol. The first-order chi connectivity index (χ1) is 8.15. The van der Waals surface area contributed by atoms with Crippen LogP contribution in [-0.2, 0) is 0 Å². The molecule has 1 N–H and O–H groups in total. The molecule has 0 aliphatic rings. The average Bonchev–Trinajstić information content (AvgIpc) is 2.30. The highest BCUT2D eigenvalue weighted by Crippen LogP contribution is 2.19. The molecule has 3 heteroatoms. The number of hydrogen-bond donors (Lipinski definition) is 1. The number of hydrogen-bond acceptors (Lipinski definition) is 2. The summed E-state index contributed by atoms with van der Waals surface area (Å²) in [6, 6.07) is 6.76. The third-order valence-corrected chi connectivity index (χ3v) is 2.77. The molecule has 0 aromatic heterocycles. The van der Waals surface area contributed by atoms with E-state index in [1.807, 2.05) is 0 Å². The highest BCUT2D eigenvalue weighted by Gasteiger charge is 2.10. The summed E-state index contributed by atoms with van der Waals surface area (Å²) in [7, 11) is 0. The topological polar surface area (TPSA) is 46.5 Å². The van der Waals surface area contributed by atoms with Gasteiger partial charge in [0, 0.05) is 0 Å². The SMILES string of the molecule is CCCC(C)CCOc1ccccc1C(=O)O. The molecule has 1 aromatic rings. The van der Waals surface area contributed by atoms with E-state index in [2.05, 4.69) is 13.8 Å². The van der Waals surface area contributed by atoms with Gasteiger partial charge in [0.2, 0.25) is 0 Å². The van der Waals surface area contributed by atoms with Crippen LogP contribution in [0.2, 0.25) is 0 Å². The zero-order valence-corrected chi connectivity index (χ0v) is 10.5. The minimum absolute atomic E-state index is 0.232. The molecule has 0 heterocycles. The van der Waals surface area contributed by atoms with Crippen molar-refractivity contribution < 1.29 is 14.6 Å². The molecule has 1 rings (SSSR count). The molecule has 1 atom stereocenters. The number of benzene rings is 1. The number of ether oxygens (including phenoxy) is 1. The number of para-hydroxylation sites is 1. The molecular weight excluding hydrogens is 216 g/mol. The van der Waals surface area contributed by atoms with Crippen LogP contribution in [0.5, 0.6) is 5.75 Å². The largest absolute Gasteiger partial charge is 0.493 e. The number of carboxylic acids is 1. The second-order valence-corrected chi connectivity index (χ2v) is 4.33. The molecule has 0 saturated carbocycles. The Morgan fingerprint density at radius 1 is 1.35 bits per heavy atom. The molecule has 0 amide bonds. The van der Waals surface area contributed by atoms with E-state index >= 15 is 0 Å². The first kappa shape index (κ1) is 13.6. The van der Waals surface area contributed by atoms with Gasteiger partial charge in [0.15, 0.2) is 0 Å². The van der Waals surface area contributed by atoms with Crippen molar-refractivity contribution in [2.24, 2.45) is 5.92 Å². The molecule has 17 heavy (non-hydrogen) atoms. The zero-order chi connectivity index (χ0) is 12.7. The van der Waals surface area contributed by atoms with E-state index in [1.165, 1.54) is 12.8 Å². The van der Waals surface area contributed by atoms with E-state index in [0.29, 0.717) is 18.3 Å². The third kappa shape index (κ3) is 4.47. The Bertz CT molecular complexity index is 360. The highest BCUT2D eigenvalue weighted by atomic mass is 16.5. The Labute approximate surface area is 102 Å². The lowest BCUT2D eigenvalue weighted by molar-refractivity contribution is 0.0692. The van der Waals surface area contributed by atoms with Crippen LogP contribution >= 0.6 is 0 Å². The van der Waals surface area contributed by atoms with Crippen LogP contribution in [0.1, 0.15) is 43.5 Å². The molecule has 1 unspecified atom stereocenters. The van der Waals surface area contributed by atoms with Crippen LogP contribution in [0.3, 0.4) is 0 Å². The van der Waals surface area contributed by atoms with Gasteiger partial charge in [-0.15, -0.1) is 0 Å². The number of aromatic carboxylic acids is 1. The molecule has 0 aliphatic carbocycles. The van der Waals surface area contributed by atoms with Crippen molar-refractivity contribution in [3.05, 3.63) is 29.8 Å². The van der Waals surface area contributed by atoms with E-state index < -0.39 is 5.97 Å². The average molecular weight is 236 g/mol. The summed E-state index contributed by atoms with van der Waals surface area (Å²) in [6.45, 7) is 4.93. The standard InChI is InChI=1S/C14H20O3/c1-3-6-11(2)9-10-17-13-8-5-4-7-12(13)14(15)16/h4-5,7-8,11H,3,6,9-10H2,1-2H3,(H,15,16). The van der Waals surface area contributed by atoms with Crippen LogP contribution in [-0.4, -0.2) is 17.7 Å². The lowest BCUT2D eigenvalue weighted by Gasteiger charge is -2.12. The molecule has 1 aromatic carbocycles. The zero-order valence-electron chi connectivity index (χ0n) is 10.5. The van der Waals surface area contributed by atoms with Crippen molar-refractivity contribution in [1.82, 2.24) is 0 Å². The van der Waals surface area contributed by atoms with Gasteiger partial charge in [0.05, 0.1) is 6.61 Å². The van der Waals surface area contributed by atoms with E-state index in [0.717, 1.165) is 6.42 Å². The van der Waals surface area contributed by atoms with Crippen LogP contribution < -0.4 is 4.74 Å². The molecule has 0 radical (unpaired) electrons. The lowest BCUT2D eigenvalue weighted by atomic mass is 10.0. The molecule has 0 fully saturated rings. The maximum absolute atomic E-state index is 10.9. The molecule has 0 saturated heterocycles. The molecule has 94 valence electrons. The molecular formula is C14H20O3. The van der Waals surface area contributed by atoms with Crippen molar-refractivity contribution in [2.75, 3.05) is 6.61 Å². The van der Waals surface area contributed by atoms with Crippen molar-refractivity contribution >= 4 is 5.97 Å². The third-order valence-electron chi connectivity index (χ3n) is 2.77. The fraction of sp³-hybridized carbons (Fsp3) is 0.500.